The lowest BCUT2D eigenvalue weighted by Gasteiger charge is -2.18. The molecule has 0 atom stereocenters. The molecule has 0 aliphatic heterocycles. The Balaban J connectivity index is 2.35. The lowest BCUT2D eigenvalue weighted by molar-refractivity contribution is 0.456. The van der Waals surface area contributed by atoms with Crippen LogP contribution < -0.4 is 5.73 Å². The summed E-state index contributed by atoms with van der Waals surface area (Å²) < 4.78 is 52.5. The summed E-state index contributed by atoms with van der Waals surface area (Å²) in [6.45, 7) is -0.176. The number of nitrogen functional groups attached to an aromatic ring is 1. The molecule has 4 nitrogen and oxygen atoms in total. The Morgan fingerprint density at radius 3 is 2.48 bits per heavy atom. The molecule has 0 saturated carbocycles. The maximum Gasteiger partial charge on any atom is 0.245 e. The summed E-state index contributed by atoms with van der Waals surface area (Å²) in [6, 6.07) is 8.95. The fourth-order valence-corrected chi connectivity index (χ4v) is 3.12. The SMILES string of the molecule is CN(Cc1ccccc1F)S(=O)(=O)c1cc(F)ccc1N. The zero-order valence-electron chi connectivity index (χ0n) is 11.3. The summed E-state index contributed by atoms with van der Waals surface area (Å²) in [5, 5.41) is 0. The molecular weight excluding hydrogens is 298 g/mol. The molecule has 0 aliphatic rings. The highest BCUT2D eigenvalue weighted by Crippen LogP contribution is 2.24. The smallest absolute Gasteiger partial charge is 0.245 e. The molecule has 0 radical (unpaired) electrons. The van der Waals surface area contributed by atoms with Gasteiger partial charge < -0.3 is 5.73 Å². The van der Waals surface area contributed by atoms with Crippen molar-refractivity contribution in [3.8, 4) is 0 Å². The third-order valence-corrected chi connectivity index (χ3v) is 4.87. The van der Waals surface area contributed by atoms with E-state index < -0.39 is 21.7 Å². The Kier molecular flexibility index (Phi) is 4.24. The monoisotopic (exact) mass is 312 g/mol. The van der Waals surface area contributed by atoms with Gasteiger partial charge in [-0.2, -0.15) is 4.31 Å². The summed E-state index contributed by atoms with van der Waals surface area (Å²) in [6.07, 6.45) is 0. The molecule has 7 heteroatoms. The molecule has 0 heterocycles. The second kappa shape index (κ2) is 5.79. The van der Waals surface area contributed by atoms with Crippen LogP contribution in [0.4, 0.5) is 14.5 Å². The van der Waals surface area contributed by atoms with Gasteiger partial charge in [-0.15, -0.1) is 0 Å². The van der Waals surface area contributed by atoms with E-state index in [-0.39, 0.29) is 22.7 Å². The minimum Gasteiger partial charge on any atom is -0.398 e. The van der Waals surface area contributed by atoms with Crippen molar-refractivity contribution < 1.29 is 17.2 Å². The molecule has 0 spiro atoms. The molecule has 2 rings (SSSR count). The van der Waals surface area contributed by atoms with Crippen LogP contribution in [0.1, 0.15) is 5.56 Å². The van der Waals surface area contributed by atoms with Crippen LogP contribution in [-0.2, 0) is 16.6 Å². The first kappa shape index (κ1) is 15.4. The van der Waals surface area contributed by atoms with Gasteiger partial charge in [0.05, 0.1) is 5.69 Å². The highest BCUT2D eigenvalue weighted by atomic mass is 32.2. The van der Waals surface area contributed by atoms with E-state index in [9.17, 15) is 17.2 Å². The Labute approximate surface area is 121 Å². The van der Waals surface area contributed by atoms with E-state index in [4.69, 9.17) is 5.73 Å². The van der Waals surface area contributed by atoms with Crippen molar-refractivity contribution in [3.05, 3.63) is 59.7 Å². The standard InChI is InChI=1S/C14H14F2N2O2S/c1-18(9-10-4-2-3-5-12(10)16)21(19,20)14-8-11(15)6-7-13(14)17/h2-8H,9,17H2,1H3. The summed E-state index contributed by atoms with van der Waals surface area (Å²) in [5.41, 5.74) is 5.75. The van der Waals surface area contributed by atoms with Crippen LogP contribution in [0.2, 0.25) is 0 Å². The zero-order valence-corrected chi connectivity index (χ0v) is 12.1. The van der Waals surface area contributed by atoms with Crippen LogP contribution in [0.3, 0.4) is 0 Å². The van der Waals surface area contributed by atoms with Crippen molar-refractivity contribution in [2.75, 3.05) is 12.8 Å². The fourth-order valence-electron chi connectivity index (χ4n) is 1.85. The van der Waals surface area contributed by atoms with Gasteiger partial charge in [-0.05, 0) is 24.3 Å². The molecule has 0 fully saturated rings. The third kappa shape index (κ3) is 3.20. The molecule has 0 bridgehead atoms. The van der Waals surface area contributed by atoms with Crippen molar-refractivity contribution in [3.63, 3.8) is 0 Å². The maximum absolute atomic E-state index is 13.6. The molecule has 0 saturated heterocycles. The number of hydrogen-bond donors (Lipinski definition) is 1. The van der Waals surface area contributed by atoms with E-state index in [0.29, 0.717) is 0 Å². The molecule has 0 amide bonds. The van der Waals surface area contributed by atoms with Crippen molar-refractivity contribution in [2.45, 2.75) is 11.4 Å². The molecule has 2 aromatic rings. The van der Waals surface area contributed by atoms with E-state index in [1.54, 1.807) is 6.07 Å². The van der Waals surface area contributed by atoms with E-state index in [0.717, 1.165) is 16.4 Å². The number of anilines is 1. The van der Waals surface area contributed by atoms with Gasteiger partial charge in [-0.1, -0.05) is 18.2 Å². The van der Waals surface area contributed by atoms with E-state index in [2.05, 4.69) is 0 Å². The van der Waals surface area contributed by atoms with E-state index in [1.807, 2.05) is 0 Å². The third-order valence-electron chi connectivity index (χ3n) is 3.01. The minimum atomic E-state index is -4.01. The van der Waals surface area contributed by atoms with Gasteiger partial charge >= 0.3 is 0 Å². The number of hydrogen-bond acceptors (Lipinski definition) is 3. The quantitative estimate of drug-likeness (QED) is 0.882. The second-order valence-corrected chi connectivity index (χ2v) is 6.55. The number of halogens is 2. The molecule has 0 unspecified atom stereocenters. The molecule has 0 aliphatic carbocycles. The average Bonchev–Trinajstić information content (AvgIpc) is 2.43. The fraction of sp³-hybridized carbons (Fsp3) is 0.143. The number of benzene rings is 2. The van der Waals surface area contributed by atoms with Gasteiger partial charge in [0.15, 0.2) is 0 Å². The molecular formula is C14H14F2N2O2S. The summed E-state index contributed by atoms with van der Waals surface area (Å²) in [5.74, 6) is -1.21. The minimum absolute atomic E-state index is 0.0585. The van der Waals surface area contributed by atoms with Crippen molar-refractivity contribution in [1.82, 2.24) is 4.31 Å². The van der Waals surface area contributed by atoms with Crippen LogP contribution in [-0.4, -0.2) is 19.8 Å². The first-order chi connectivity index (χ1) is 9.82. The molecule has 112 valence electrons. The number of rotatable bonds is 4. The van der Waals surface area contributed by atoms with Crippen LogP contribution in [0.15, 0.2) is 47.4 Å². The van der Waals surface area contributed by atoms with Crippen LogP contribution >= 0.6 is 0 Å². The van der Waals surface area contributed by atoms with Crippen LogP contribution in [0.5, 0.6) is 0 Å². The van der Waals surface area contributed by atoms with Gasteiger partial charge in [0.25, 0.3) is 0 Å². The predicted molar refractivity (Wildman–Crippen MR) is 75.9 cm³/mol. The normalized spacial score (nSPS) is 11.8. The van der Waals surface area contributed by atoms with Gasteiger partial charge in [-0.25, -0.2) is 17.2 Å². The van der Waals surface area contributed by atoms with Crippen molar-refractivity contribution in [2.24, 2.45) is 0 Å². The highest BCUT2D eigenvalue weighted by Gasteiger charge is 2.24. The second-order valence-electron chi connectivity index (χ2n) is 4.53. The number of nitrogens with zero attached hydrogens (tertiary/aromatic N) is 1. The van der Waals surface area contributed by atoms with Crippen molar-refractivity contribution in [1.29, 1.82) is 0 Å². The lowest BCUT2D eigenvalue weighted by Crippen LogP contribution is -2.27. The molecule has 21 heavy (non-hydrogen) atoms. The molecule has 2 aromatic carbocycles. The van der Waals surface area contributed by atoms with Gasteiger partial charge in [-0.3, -0.25) is 0 Å². The molecule has 2 N–H and O–H groups in total. The van der Waals surface area contributed by atoms with Crippen LogP contribution in [0, 0.1) is 11.6 Å². The molecule has 0 aromatic heterocycles. The summed E-state index contributed by atoms with van der Waals surface area (Å²) >= 11 is 0. The number of nitrogens with two attached hydrogens (primary N) is 1. The predicted octanol–water partition coefficient (Wildman–Crippen LogP) is 2.37. The lowest BCUT2D eigenvalue weighted by atomic mass is 10.2. The number of sulfonamides is 1. The highest BCUT2D eigenvalue weighted by molar-refractivity contribution is 7.89. The summed E-state index contributed by atoms with van der Waals surface area (Å²) in [4.78, 5) is -0.332. The topological polar surface area (TPSA) is 63.4 Å². The first-order valence-electron chi connectivity index (χ1n) is 6.07. The zero-order chi connectivity index (χ0) is 15.6. The Bertz CT molecular complexity index is 763. The van der Waals surface area contributed by atoms with E-state index >= 15 is 0 Å². The maximum atomic E-state index is 13.6. The Hall–Kier alpha value is -1.99. The van der Waals surface area contributed by atoms with Gasteiger partial charge in [0.1, 0.15) is 16.5 Å². The van der Waals surface area contributed by atoms with E-state index in [1.165, 1.54) is 31.3 Å². The Morgan fingerprint density at radius 2 is 1.81 bits per heavy atom. The Morgan fingerprint density at radius 1 is 1.14 bits per heavy atom. The van der Waals surface area contributed by atoms with Crippen molar-refractivity contribution >= 4 is 15.7 Å². The summed E-state index contributed by atoms with van der Waals surface area (Å²) in [7, 11) is -2.72. The van der Waals surface area contributed by atoms with Crippen LogP contribution in [0.25, 0.3) is 0 Å². The average molecular weight is 312 g/mol. The largest absolute Gasteiger partial charge is 0.398 e. The van der Waals surface area contributed by atoms with Gasteiger partial charge in [0.2, 0.25) is 10.0 Å². The van der Waals surface area contributed by atoms with Gasteiger partial charge in [0, 0.05) is 19.2 Å². The first-order valence-corrected chi connectivity index (χ1v) is 7.51.